The Labute approximate surface area is 150 Å². The number of hydrogen-bond acceptors (Lipinski definition) is 4. The van der Waals surface area contributed by atoms with E-state index in [0.29, 0.717) is 13.0 Å². The average Bonchev–Trinajstić information content (AvgIpc) is 2.48. The normalized spacial score (nSPS) is 19.4. The van der Waals surface area contributed by atoms with E-state index in [9.17, 15) is 13.2 Å². The lowest BCUT2D eigenvalue weighted by Gasteiger charge is -2.33. The SMILES string of the molecule is Cc1ccccc1CS(=O)(=O)N1CCC[C@H](NC(=O)OC(C)(C)C)C1. The molecule has 1 aliphatic heterocycles. The van der Waals surface area contributed by atoms with Gasteiger partial charge in [0.25, 0.3) is 0 Å². The van der Waals surface area contributed by atoms with Crippen molar-refractivity contribution < 1.29 is 17.9 Å². The molecular formula is C18H28N2O4S. The number of ether oxygens (including phenoxy) is 1. The summed E-state index contributed by atoms with van der Waals surface area (Å²) in [6, 6.07) is 7.27. The topological polar surface area (TPSA) is 75.7 Å². The molecule has 1 N–H and O–H groups in total. The second-order valence-electron chi connectivity index (χ2n) is 7.53. The molecule has 0 saturated carbocycles. The molecule has 0 aromatic heterocycles. The minimum absolute atomic E-state index is 0.0150. The minimum atomic E-state index is -3.42. The lowest BCUT2D eigenvalue weighted by molar-refractivity contribution is 0.0487. The Kier molecular flexibility index (Phi) is 6.11. The third-order valence-electron chi connectivity index (χ3n) is 4.10. The standard InChI is InChI=1S/C18H28N2O4S/c1-14-8-5-6-9-15(14)13-25(22,23)20-11-7-10-16(12-20)19-17(21)24-18(2,3)4/h5-6,8-9,16H,7,10-13H2,1-4H3,(H,19,21)/t16-/m0/s1. The molecule has 1 aliphatic rings. The number of piperidine rings is 1. The Hall–Kier alpha value is -1.60. The van der Waals surface area contributed by atoms with E-state index in [2.05, 4.69) is 5.32 Å². The van der Waals surface area contributed by atoms with Crippen LogP contribution in [-0.2, 0) is 20.5 Å². The van der Waals surface area contributed by atoms with Gasteiger partial charge in [0.15, 0.2) is 0 Å². The Morgan fingerprint density at radius 1 is 1.32 bits per heavy atom. The highest BCUT2D eigenvalue weighted by Gasteiger charge is 2.30. The molecule has 0 spiro atoms. The van der Waals surface area contributed by atoms with Crippen LogP contribution in [0.1, 0.15) is 44.7 Å². The molecular weight excluding hydrogens is 340 g/mol. The molecule has 7 heteroatoms. The fraction of sp³-hybridized carbons (Fsp3) is 0.611. The average molecular weight is 368 g/mol. The van der Waals surface area contributed by atoms with Gasteiger partial charge in [-0.3, -0.25) is 0 Å². The van der Waals surface area contributed by atoms with Gasteiger partial charge in [0, 0.05) is 19.1 Å². The highest BCUT2D eigenvalue weighted by atomic mass is 32.2. The van der Waals surface area contributed by atoms with Crippen molar-refractivity contribution in [2.75, 3.05) is 13.1 Å². The van der Waals surface area contributed by atoms with E-state index >= 15 is 0 Å². The smallest absolute Gasteiger partial charge is 0.407 e. The summed E-state index contributed by atoms with van der Waals surface area (Å²) in [7, 11) is -3.42. The second kappa shape index (κ2) is 7.74. The summed E-state index contributed by atoms with van der Waals surface area (Å²) in [4.78, 5) is 11.9. The summed E-state index contributed by atoms with van der Waals surface area (Å²) in [5.41, 5.74) is 1.20. The van der Waals surface area contributed by atoms with Gasteiger partial charge >= 0.3 is 6.09 Å². The van der Waals surface area contributed by atoms with Crippen molar-refractivity contribution in [2.24, 2.45) is 0 Å². The fourth-order valence-electron chi connectivity index (χ4n) is 2.85. The maximum atomic E-state index is 12.7. The van der Waals surface area contributed by atoms with E-state index in [1.807, 2.05) is 31.2 Å². The highest BCUT2D eigenvalue weighted by molar-refractivity contribution is 7.88. The van der Waals surface area contributed by atoms with Crippen molar-refractivity contribution in [2.45, 2.75) is 57.9 Å². The quantitative estimate of drug-likeness (QED) is 0.887. The number of nitrogens with one attached hydrogen (secondary N) is 1. The molecule has 2 rings (SSSR count). The van der Waals surface area contributed by atoms with E-state index in [0.717, 1.165) is 17.5 Å². The van der Waals surface area contributed by atoms with Crippen LogP contribution < -0.4 is 5.32 Å². The van der Waals surface area contributed by atoms with E-state index < -0.39 is 21.7 Å². The van der Waals surface area contributed by atoms with Gasteiger partial charge in [-0.15, -0.1) is 0 Å². The summed E-state index contributed by atoms with van der Waals surface area (Å²) in [6.45, 7) is 8.08. The lowest BCUT2D eigenvalue weighted by atomic mass is 10.1. The number of carbonyl (C=O) groups excluding carboxylic acids is 1. The predicted molar refractivity (Wildman–Crippen MR) is 97.8 cm³/mol. The van der Waals surface area contributed by atoms with Gasteiger partial charge in [0.1, 0.15) is 5.60 Å². The van der Waals surface area contributed by atoms with Crippen LogP contribution in [-0.4, -0.2) is 43.5 Å². The van der Waals surface area contributed by atoms with E-state index in [-0.39, 0.29) is 18.3 Å². The summed E-state index contributed by atoms with van der Waals surface area (Å²) >= 11 is 0. The van der Waals surface area contributed by atoms with Crippen molar-refractivity contribution in [3.05, 3.63) is 35.4 Å². The molecule has 0 radical (unpaired) electrons. The monoisotopic (exact) mass is 368 g/mol. The zero-order valence-corrected chi connectivity index (χ0v) is 16.2. The van der Waals surface area contributed by atoms with Crippen LogP contribution in [0, 0.1) is 6.92 Å². The summed E-state index contributed by atoms with van der Waals surface area (Å²) < 4.78 is 32.2. The highest BCUT2D eigenvalue weighted by Crippen LogP contribution is 2.19. The lowest BCUT2D eigenvalue weighted by Crippen LogP contribution is -2.50. The van der Waals surface area contributed by atoms with E-state index in [1.54, 1.807) is 20.8 Å². The Bertz CT molecular complexity index is 710. The van der Waals surface area contributed by atoms with Crippen molar-refractivity contribution in [1.29, 1.82) is 0 Å². The molecule has 6 nitrogen and oxygen atoms in total. The number of aryl methyl sites for hydroxylation is 1. The van der Waals surface area contributed by atoms with Gasteiger partial charge in [0.05, 0.1) is 5.75 Å². The molecule has 1 heterocycles. The number of benzene rings is 1. The number of rotatable bonds is 4. The number of amides is 1. The van der Waals surface area contributed by atoms with Crippen molar-refractivity contribution in [3.8, 4) is 0 Å². The van der Waals surface area contributed by atoms with Crippen LogP contribution in [0.2, 0.25) is 0 Å². The molecule has 1 amide bonds. The third-order valence-corrected chi connectivity index (χ3v) is 5.89. The van der Waals surface area contributed by atoms with Crippen LogP contribution >= 0.6 is 0 Å². The molecule has 1 aromatic rings. The molecule has 1 aromatic carbocycles. The zero-order chi connectivity index (χ0) is 18.7. The van der Waals surface area contributed by atoms with E-state index in [4.69, 9.17) is 4.74 Å². The Balaban J connectivity index is 2.00. The third kappa shape index (κ3) is 6.01. The number of sulfonamides is 1. The maximum absolute atomic E-state index is 12.7. The minimum Gasteiger partial charge on any atom is -0.444 e. The number of hydrogen-bond donors (Lipinski definition) is 1. The van der Waals surface area contributed by atoms with Gasteiger partial charge in [-0.25, -0.2) is 13.2 Å². The first-order valence-corrected chi connectivity index (χ1v) is 10.2. The first kappa shape index (κ1) is 19.7. The first-order valence-electron chi connectivity index (χ1n) is 8.59. The van der Waals surface area contributed by atoms with Gasteiger partial charge in [-0.2, -0.15) is 4.31 Å². The molecule has 0 bridgehead atoms. The second-order valence-corrected chi connectivity index (χ2v) is 9.50. The van der Waals surface area contributed by atoms with Crippen LogP contribution in [0.5, 0.6) is 0 Å². The van der Waals surface area contributed by atoms with Crippen LogP contribution in [0.25, 0.3) is 0 Å². The summed E-state index contributed by atoms with van der Waals surface area (Å²) in [6.07, 6.45) is 0.957. The van der Waals surface area contributed by atoms with Crippen LogP contribution in [0.4, 0.5) is 4.79 Å². The molecule has 1 atom stereocenters. The molecule has 25 heavy (non-hydrogen) atoms. The van der Waals surface area contributed by atoms with Gasteiger partial charge in [-0.1, -0.05) is 24.3 Å². The van der Waals surface area contributed by atoms with Crippen molar-refractivity contribution in [3.63, 3.8) is 0 Å². The molecule has 140 valence electrons. The van der Waals surface area contributed by atoms with Gasteiger partial charge in [0.2, 0.25) is 10.0 Å². The van der Waals surface area contributed by atoms with Crippen molar-refractivity contribution >= 4 is 16.1 Å². The largest absolute Gasteiger partial charge is 0.444 e. The summed E-state index contributed by atoms with van der Waals surface area (Å²) in [5, 5.41) is 2.79. The summed E-state index contributed by atoms with van der Waals surface area (Å²) in [5.74, 6) is -0.0150. The van der Waals surface area contributed by atoms with Crippen LogP contribution in [0.15, 0.2) is 24.3 Å². The van der Waals surface area contributed by atoms with Gasteiger partial charge in [-0.05, 0) is 51.7 Å². The maximum Gasteiger partial charge on any atom is 0.407 e. The molecule has 1 fully saturated rings. The predicted octanol–water partition coefficient (Wildman–Crippen LogP) is 2.81. The molecule has 1 saturated heterocycles. The first-order chi connectivity index (χ1) is 11.6. The number of nitrogens with zero attached hydrogens (tertiary/aromatic N) is 1. The van der Waals surface area contributed by atoms with Crippen molar-refractivity contribution in [1.82, 2.24) is 9.62 Å². The number of alkyl carbamates (subject to hydrolysis) is 1. The Morgan fingerprint density at radius 3 is 2.64 bits per heavy atom. The Morgan fingerprint density at radius 2 is 2.00 bits per heavy atom. The zero-order valence-electron chi connectivity index (χ0n) is 15.4. The fourth-order valence-corrected chi connectivity index (χ4v) is 4.56. The number of carbonyl (C=O) groups is 1. The van der Waals surface area contributed by atoms with E-state index in [1.165, 1.54) is 4.31 Å². The van der Waals surface area contributed by atoms with Crippen LogP contribution in [0.3, 0.4) is 0 Å². The molecule has 0 unspecified atom stereocenters. The van der Waals surface area contributed by atoms with Gasteiger partial charge < -0.3 is 10.1 Å². The molecule has 0 aliphatic carbocycles.